The van der Waals surface area contributed by atoms with E-state index >= 15 is 4.39 Å². The second-order valence-electron chi connectivity index (χ2n) is 9.92. The first kappa shape index (κ1) is 31.0. The summed E-state index contributed by atoms with van der Waals surface area (Å²) < 4.78 is 54.5. The van der Waals surface area contributed by atoms with E-state index in [0.717, 1.165) is 37.2 Å². The minimum atomic E-state index is -4.27. The van der Waals surface area contributed by atoms with Crippen molar-refractivity contribution in [3.63, 3.8) is 0 Å². The van der Waals surface area contributed by atoms with Gasteiger partial charge in [0.1, 0.15) is 24.3 Å². The average Bonchev–Trinajstić information content (AvgIpc) is 2.97. The van der Waals surface area contributed by atoms with E-state index < -0.39 is 44.5 Å². The van der Waals surface area contributed by atoms with Crippen LogP contribution in [0.3, 0.4) is 0 Å². The minimum absolute atomic E-state index is 0.0560. The number of morpholine rings is 1. The molecule has 2 atom stereocenters. The van der Waals surface area contributed by atoms with Gasteiger partial charge in [0.05, 0.1) is 37.0 Å². The minimum Gasteiger partial charge on any atom is -0.492 e. The van der Waals surface area contributed by atoms with Crippen LogP contribution in [-0.2, 0) is 35.4 Å². The van der Waals surface area contributed by atoms with E-state index in [1.165, 1.54) is 29.7 Å². The number of hydrogen-bond acceptors (Lipinski definition) is 11. The number of nitrogens with one attached hydrogen (secondary N) is 1. The number of fused-ring (bicyclic) bond motifs is 1. The van der Waals surface area contributed by atoms with Gasteiger partial charge in [0.25, 0.3) is 17.9 Å². The lowest BCUT2D eigenvalue weighted by molar-refractivity contribution is -0.143. The lowest BCUT2D eigenvalue weighted by Crippen LogP contribution is -2.59. The molecule has 1 aliphatic rings. The third-order valence-electron chi connectivity index (χ3n) is 7.38. The lowest BCUT2D eigenvalue weighted by Gasteiger charge is -2.32. The van der Waals surface area contributed by atoms with Crippen molar-refractivity contribution in [3.8, 4) is 16.9 Å². The van der Waals surface area contributed by atoms with Gasteiger partial charge in [-0.25, -0.2) is 23.3 Å². The fourth-order valence-corrected chi connectivity index (χ4v) is 5.64. The lowest BCUT2D eigenvalue weighted by atomic mass is 10.0. The van der Waals surface area contributed by atoms with Crippen molar-refractivity contribution in [1.29, 1.82) is 0 Å². The van der Waals surface area contributed by atoms with Gasteiger partial charge in [-0.15, -0.1) is 0 Å². The van der Waals surface area contributed by atoms with Gasteiger partial charge in [0, 0.05) is 37.5 Å². The molecule has 0 spiro atoms. The summed E-state index contributed by atoms with van der Waals surface area (Å²) in [6, 6.07) is 9.01. The molecule has 1 aliphatic heterocycles. The number of hydroxylamine groups is 1. The van der Waals surface area contributed by atoms with Crippen LogP contribution in [0.25, 0.3) is 22.0 Å². The normalized spacial score (nSPS) is 16.4. The molecular formula is C27H31FN4O9S. The summed E-state index contributed by atoms with van der Waals surface area (Å²) in [5.74, 6) is -1.49. The summed E-state index contributed by atoms with van der Waals surface area (Å²) in [6.45, 7) is 4.45. The number of sulfone groups is 1. The van der Waals surface area contributed by atoms with E-state index in [1.54, 1.807) is 12.1 Å². The zero-order chi connectivity index (χ0) is 30.5. The Bertz CT molecular complexity index is 1630. The van der Waals surface area contributed by atoms with Crippen molar-refractivity contribution in [2.45, 2.75) is 24.3 Å². The van der Waals surface area contributed by atoms with Crippen LogP contribution in [0.4, 0.5) is 4.39 Å². The number of aromatic nitrogens is 2. The zero-order valence-electron chi connectivity index (χ0n) is 23.0. The van der Waals surface area contributed by atoms with Gasteiger partial charge in [-0.05, 0) is 36.8 Å². The second-order valence-corrected chi connectivity index (χ2v) is 12.3. The number of rotatable bonds is 12. The number of carbonyl (C=O) groups is 2. The van der Waals surface area contributed by atoms with Crippen LogP contribution in [0.15, 0.2) is 47.5 Å². The Labute approximate surface area is 240 Å². The molecule has 0 aliphatic carbocycles. The van der Waals surface area contributed by atoms with Crippen molar-refractivity contribution in [1.82, 2.24) is 19.9 Å². The first-order valence-corrected chi connectivity index (χ1v) is 14.8. The van der Waals surface area contributed by atoms with Crippen LogP contribution in [0.1, 0.15) is 6.92 Å². The summed E-state index contributed by atoms with van der Waals surface area (Å²) in [7, 11) is -4.27. The van der Waals surface area contributed by atoms with Crippen molar-refractivity contribution in [2.24, 2.45) is 0 Å². The first-order chi connectivity index (χ1) is 20.0. The molecule has 2 N–H and O–H groups in total. The highest BCUT2D eigenvalue weighted by Crippen LogP contribution is 2.29. The molecular weight excluding hydrogens is 575 g/mol. The smallest absolute Gasteiger partial charge is 0.293 e. The number of benzene rings is 2. The Hall–Kier alpha value is -3.92. The van der Waals surface area contributed by atoms with E-state index in [2.05, 4.69) is 9.88 Å². The fourth-order valence-electron chi connectivity index (χ4n) is 4.65. The first-order valence-electron chi connectivity index (χ1n) is 12.9. The highest BCUT2D eigenvalue weighted by Gasteiger charge is 2.52. The van der Waals surface area contributed by atoms with Crippen molar-refractivity contribution in [3.05, 3.63) is 58.9 Å². The van der Waals surface area contributed by atoms with Crippen molar-refractivity contribution < 1.29 is 41.8 Å². The molecule has 0 radical (unpaired) electrons. The highest BCUT2D eigenvalue weighted by molar-refractivity contribution is 7.92. The van der Waals surface area contributed by atoms with Crippen LogP contribution in [0, 0.1) is 5.82 Å². The molecule has 2 heterocycles. The summed E-state index contributed by atoms with van der Waals surface area (Å²) in [4.78, 5) is 43.2. The van der Waals surface area contributed by atoms with Gasteiger partial charge < -0.3 is 14.2 Å². The Morgan fingerprint density at radius 3 is 2.64 bits per heavy atom. The maximum atomic E-state index is 15.0. The summed E-state index contributed by atoms with van der Waals surface area (Å²) in [5.41, 5.74) is 1.59. The van der Waals surface area contributed by atoms with E-state index in [-0.39, 0.29) is 22.9 Å². The van der Waals surface area contributed by atoms with E-state index in [1.807, 2.05) is 0 Å². The Morgan fingerprint density at radius 2 is 2.00 bits per heavy atom. The SMILES string of the molecule is CC(C(=O)NO)(C(Cn1cnc2cc(-c3ccc(OCCN4CCOCC4)cc3F)ccc2c1=O)OC=O)S(C)(=O)=O. The molecule has 2 unspecified atom stereocenters. The molecule has 15 heteroatoms. The molecule has 226 valence electrons. The van der Waals surface area contributed by atoms with Gasteiger partial charge in [-0.1, -0.05) is 6.07 Å². The van der Waals surface area contributed by atoms with Gasteiger partial charge in [-0.3, -0.25) is 29.1 Å². The van der Waals surface area contributed by atoms with Crippen LogP contribution < -0.4 is 15.8 Å². The molecule has 42 heavy (non-hydrogen) atoms. The molecule has 13 nitrogen and oxygen atoms in total. The van der Waals surface area contributed by atoms with Gasteiger partial charge >= 0.3 is 0 Å². The number of nitrogens with zero attached hydrogens (tertiary/aromatic N) is 3. The summed E-state index contributed by atoms with van der Waals surface area (Å²) in [5, 5.41) is 9.24. The van der Waals surface area contributed by atoms with Crippen LogP contribution >= 0.6 is 0 Å². The van der Waals surface area contributed by atoms with Crippen LogP contribution in [-0.4, -0.2) is 97.0 Å². The fraction of sp³-hybridized carbons (Fsp3) is 0.407. The van der Waals surface area contributed by atoms with E-state index in [4.69, 9.17) is 19.4 Å². The molecule has 0 saturated carbocycles. The molecule has 1 fully saturated rings. The third-order valence-corrected chi connectivity index (χ3v) is 9.36. The molecule has 3 aromatic rings. The predicted octanol–water partition coefficient (Wildman–Crippen LogP) is 0.764. The number of ether oxygens (including phenoxy) is 3. The van der Waals surface area contributed by atoms with Gasteiger partial charge in [-0.2, -0.15) is 0 Å². The molecule has 1 saturated heterocycles. The largest absolute Gasteiger partial charge is 0.492 e. The number of carbonyl (C=O) groups excluding carboxylic acids is 2. The van der Waals surface area contributed by atoms with E-state index in [9.17, 15) is 22.8 Å². The predicted molar refractivity (Wildman–Crippen MR) is 148 cm³/mol. The Morgan fingerprint density at radius 1 is 1.26 bits per heavy atom. The molecule has 1 amide bonds. The van der Waals surface area contributed by atoms with Gasteiger partial charge in [0.2, 0.25) is 0 Å². The Balaban J connectivity index is 1.56. The van der Waals surface area contributed by atoms with Crippen molar-refractivity contribution in [2.75, 3.05) is 45.7 Å². The third kappa shape index (κ3) is 6.43. The standard InChI is InChI=1S/C27H31FN4O9S/c1-27(26(35)30-36,42(2,37)38)24(41-17-33)15-32-16-29-23-13-18(3-5-21(23)25(32)34)20-6-4-19(14-22(20)28)40-12-9-31-7-10-39-11-8-31/h3-6,13-14,16-17,24,36H,7-12,15H2,1-2H3,(H,30,35). The number of hydrogen-bond donors (Lipinski definition) is 2. The molecule has 0 bridgehead atoms. The maximum Gasteiger partial charge on any atom is 0.293 e. The zero-order valence-corrected chi connectivity index (χ0v) is 23.8. The summed E-state index contributed by atoms with van der Waals surface area (Å²) in [6.07, 6.45) is 0.129. The topological polar surface area (TPSA) is 166 Å². The van der Waals surface area contributed by atoms with E-state index in [0.29, 0.717) is 37.7 Å². The van der Waals surface area contributed by atoms with Crippen molar-refractivity contribution >= 4 is 33.1 Å². The van der Waals surface area contributed by atoms with Crippen LogP contribution in [0.5, 0.6) is 5.75 Å². The maximum absolute atomic E-state index is 15.0. The van der Waals surface area contributed by atoms with Crippen LogP contribution in [0.2, 0.25) is 0 Å². The monoisotopic (exact) mass is 606 g/mol. The molecule has 2 aromatic carbocycles. The summed E-state index contributed by atoms with van der Waals surface area (Å²) >= 11 is 0. The quantitative estimate of drug-likeness (QED) is 0.170. The Kier molecular flexibility index (Phi) is 9.56. The number of amides is 1. The molecule has 1 aromatic heterocycles. The average molecular weight is 607 g/mol. The highest BCUT2D eigenvalue weighted by atomic mass is 32.2. The molecule has 4 rings (SSSR count). The number of halogens is 1. The second kappa shape index (κ2) is 12.9. The van der Waals surface area contributed by atoms with Gasteiger partial charge in [0.15, 0.2) is 14.6 Å².